The third kappa shape index (κ3) is 3.49. The number of carbonyl (C=O) groups excluding carboxylic acids is 1. The lowest BCUT2D eigenvalue weighted by Crippen LogP contribution is -2.20. The molecule has 6 nitrogen and oxygen atoms in total. The van der Waals surface area contributed by atoms with E-state index in [0.717, 1.165) is 0 Å². The highest BCUT2D eigenvalue weighted by Crippen LogP contribution is 2.22. The van der Waals surface area contributed by atoms with E-state index in [-0.39, 0.29) is 10.8 Å². The summed E-state index contributed by atoms with van der Waals surface area (Å²) in [5, 5.41) is 11.3. The van der Waals surface area contributed by atoms with Gasteiger partial charge in [-0.3, -0.25) is 9.52 Å². The molecule has 0 unspecified atom stereocenters. The van der Waals surface area contributed by atoms with Crippen LogP contribution in [-0.2, 0) is 10.0 Å². The average Bonchev–Trinajstić information content (AvgIpc) is 2.56. The first-order chi connectivity index (χ1) is 10.9. The first-order valence-electron chi connectivity index (χ1n) is 6.73. The predicted molar refractivity (Wildman–Crippen MR) is 86.5 cm³/mol. The van der Waals surface area contributed by atoms with Gasteiger partial charge >= 0.3 is 0 Å². The van der Waals surface area contributed by atoms with Gasteiger partial charge in [0.1, 0.15) is 0 Å². The maximum Gasteiger partial charge on any atom is 0.261 e. The SMILES string of the molecule is CNC(=O)c1cccc(NS(=O)(=O)c2ccc(C#N)cc2)c1C. The Labute approximate surface area is 134 Å². The van der Waals surface area contributed by atoms with Crippen molar-refractivity contribution in [3.05, 3.63) is 59.2 Å². The van der Waals surface area contributed by atoms with Gasteiger partial charge in [-0.05, 0) is 48.9 Å². The number of carbonyl (C=O) groups is 1. The highest BCUT2D eigenvalue weighted by atomic mass is 32.2. The van der Waals surface area contributed by atoms with Gasteiger partial charge in [-0.15, -0.1) is 0 Å². The van der Waals surface area contributed by atoms with E-state index in [1.54, 1.807) is 25.1 Å². The van der Waals surface area contributed by atoms with E-state index >= 15 is 0 Å². The summed E-state index contributed by atoms with van der Waals surface area (Å²) in [4.78, 5) is 11.8. The number of anilines is 1. The van der Waals surface area contributed by atoms with Gasteiger partial charge in [0.2, 0.25) is 0 Å². The summed E-state index contributed by atoms with van der Waals surface area (Å²) in [6.45, 7) is 1.67. The number of rotatable bonds is 4. The Morgan fingerprint density at radius 2 is 1.78 bits per heavy atom. The third-order valence-corrected chi connectivity index (χ3v) is 4.72. The molecule has 0 aliphatic rings. The molecule has 0 saturated heterocycles. The minimum atomic E-state index is -3.80. The van der Waals surface area contributed by atoms with Crippen molar-refractivity contribution in [2.45, 2.75) is 11.8 Å². The van der Waals surface area contributed by atoms with Crippen LogP contribution in [0.4, 0.5) is 5.69 Å². The molecule has 0 saturated carbocycles. The summed E-state index contributed by atoms with van der Waals surface area (Å²) in [5.41, 5.74) is 1.63. The first kappa shape index (κ1) is 16.5. The standard InChI is InChI=1S/C16H15N3O3S/c1-11-14(16(20)18-2)4-3-5-15(11)19-23(21,22)13-8-6-12(10-17)7-9-13/h3-9,19H,1-2H3,(H,18,20). The van der Waals surface area contributed by atoms with Crippen LogP contribution >= 0.6 is 0 Å². The van der Waals surface area contributed by atoms with Crippen molar-refractivity contribution < 1.29 is 13.2 Å². The molecule has 0 heterocycles. The predicted octanol–water partition coefficient (Wildman–Crippen LogP) is 2.03. The van der Waals surface area contributed by atoms with E-state index in [1.165, 1.54) is 31.3 Å². The van der Waals surface area contributed by atoms with Gasteiger partial charge in [0, 0.05) is 12.6 Å². The Morgan fingerprint density at radius 3 is 2.35 bits per heavy atom. The molecule has 2 aromatic carbocycles. The van der Waals surface area contributed by atoms with Crippen molar-refractivity contribution in [1.29, 1.82) is 5.26 Å². The number of nitriles is 1. The number of nitrogens with one attached hydrogen (secondary N) is 2. The zero-order chi connectivity index (χ0) is 17.0. The van der Waals surface area contributed by atoms with Crippen LogP contribution in [0.1, 0.15) is 21.5 Å². The number of nitrogens with zero attached hydrogens (tertiary/aromatic N) is 1. The van der Waals surface area contributed by atoms with E-state index < -0.39 is 10.0 Å². The Morgan fingerprint density at radius 1 is 1.13 bits per heavy atom. The molecule has 2 N–H and O–H groups in total. The van der Waals surface area contributed by atoms with Crippen LogP contribution < -0.4 is 10.0 Å². The number of hydrogen-bond donors (Lipinski definition) is 2. The Kier molecular flexibility index (Phi) is 4.67. The van der Waals surface area contributed by atoms with Crippen molar-refractivity contribution in [1.82, 2.24) is 5.32 Å². The van der Waals surface area contributed by atoms with E-state index in [0.29, 0.717) is 22.4 Å². The fourth-order valence-electron chi connectivity index (χ4n) is 2.04. The molecule has 0 aliphatic carbocycles. The molecule has 0 radical (unpaired) electrons. The van der Waals surface area contributed by atoms with Crippen LogP contribution in [0.5, 0.6) is 0 Å². The smallest absolute Gasteiger partial charge is 0.261 e. The van der Waals surface area contributed by atoms with Crippen molar-refractivity contribution >= 4 is 21.6 Å². The zero-order valence-electron chi connectivity index (χ0n) is 12.6. The van der Waals surface area contributed by atoms with E-state index in [4.69, 9.17) is 5.26 Å². The van der Waals surface area contributed by atoms with Crippen LogP contribution in [0, 0.1) is 18.3 Å². The summed E-state index contributed by atoms with van der Waals surface area (Å²) in [6.07, 6.45) is 0. The minimum absolute atomic E-state index is 0.0428. The summed E-state index contributed by atoms with van der Waals surface area (Å²) in [6, 6.07) is 12.3. The fourth-order valence-corrected chi connectivity index (χ4v) is 3.16. The highest BCUT2D eigenvalue weighted by molar-refractivity contribution is 7.92. The molecule has 0 bridgehead atoms. The Bertz CT molecular complexity index is 882. The quantitative estimate of drug-likeness (QED) is 0.896. The van der Waals surface area contributed by atoms with E-state index in [9.17, 15) is 13.2 Å². The van der Waals surface area contributed by atoms with Crippen LogP contribution in [0.2, 0.25) is 0 Å². The molecule has 0 fully saturated rings. The molecule has 118 valence electrons. The third-order valence-electron chi connectivity index (χ3n) is 3.34. The molecule has 7 heteroatoms. The summed E-state index contributed by atoms with van der Waals surface area (Å²) in [5.74, 6) is -0.290. The largest absolute Gasteiger partial charge is 0.355 e. The molecule has 0 atom stereocenters. The van der Waals surface area contributed by atoms with Gasteiger partial charge in [0.05, 0.1) is 22.2 Å². The van der Waals surface area contributed by atoms with Crippen molar-refractivity contribution in [2.75, 3.05) is 11.8 Å². The monoisotopic (exact) mass is 329 g/mol. The number of amides is 1. The molecule has 0 aromatic heterocycles. The van der Waals surface area contributed by atoms with Gasteiger partial charge in [-0.2, -0.15) is 5.26 Å². The molecule has 0 spiro atoms. The van der Waals surface area contributed by atoms with Crippen molar-refractivity contribution in [2.24, 2.45) is 0 Å². The second kappa shape index (κ2) is 6.50. The average molecular weight is 329 g/mol. The number of hydrogen-bond acceptors (Lipinski definition) is 4. The lowest BCUT2D eigenvalue weighted by atomic mass is 10.1. The van der Waals surface area contributed by atoms with Crippen LogP contribution in [0.3, 0.4) is 0 Å². The zero-order valence-corrected chi connectivity index (χ0v) is 13.4. The maximum absolute atomic E-state index is 12.4. The maximum atomic E-state index is 12.4. The van der Waals surface area contributed by atoms with Crippen molar-refractivity contribution in [3.8, 4) is 6.07 Å². The van der Waals surface area contributed by atoms with Crippen LogP contribution in [0.25, 0.3) is 0 Å². The molecule has 2 rings (SSSR count). The van der Waals surface area contributed by atoms with Gasteiger partial charge in [0.15, 0.2) is 0 Å². The highest BCUT2D eigenvalue weighted by Gasteiger charge is 2.17. The molecule has 0 aliphatic heterocycles. The molecular formula is C16H15N3O3S. The van der Waals surface area contributed by atoms with Crippen molar-refractivity contribution in [3.63, 3.8) is 0 Å². The first-order valence-corrected chi connectivity index (χ1v) is 8.22. The number of sulfonamides is 1. The van der Waals surface area contributed by atoms with Crippen LogP contribution in [0.15, 0.2) is 47.4 Å². The lowest BCUT2D eigenvalue weighted by Gasteiger charge is -2.13. The van der Waals surface area contributed by atoms with Gasteiger partial charge < -0.3 is 5.32 Å². The molecule has 23 heavy (non-hydrogen) atoms. The fraction of sp³-hybridized carbons (Fsp3) is 0.125. The molecule has 2 aromatic rings. The van der Waals surface area contributed by atoms with Gasteiger partial charge in [0.25, 0.3) is 15.9 Å². The van der Waals surface area contributed by atoms with Gasteiger partial charge in [-0.25, -0.2) is 8.42 Å². The number of benzene rings is 2. The normalized spacial score (nSPS) is 10.7. The summed E-state index contributed by atoms with van der Waals surface area (Å²) >= 11 is 0. The Hall–Kier alpha value is -2.85. The van der Waals surface area contributed by atoms with Crippen LogP contribution in [-0.4, -0.2) is 21.4 Å². The summed E-state index contributed by atoms with van der Waals surface area (Å²) < 4.78 is 27.3. The molecular weight excluding hydrogens is 314 g/mol. The molecule has 1 amide bonds. The summed E-state index contributed by atoms with van der Waals surface area (Å²) in [7, 11) is -2.29. The lowest BCUT2D eigenvalue weighted by molar-refractivity contribution is 0.0962. The second-order valence-corrected chi connectivity index (χ2v) is 6.48. The van der Waals surface area contributed by atoms with Gasteiger partial charge in [-0.1, -0.05) is 6.07 Å². The van der Waals surface area contributed by atoms with E-state index in [1.807, 2.05) is 6.07 Å². The topological polar surface area (TPSA) is 99.1 Å². The van der Waals surface area contributed by atoms with E-state index in [2.05, 4.69) is 10.0 Å². The minimum Gasteiger partial charge on any atom is -0.355 e. The second-order valence-electron chi connectivity index (χ2n) is 4.80. The Balaban J connectivity index is 2.37.